The highest BCUT2D eigenvalue weighted by Gasteiger charge is 2.03. The van der Waals surface area contributed by atoms with E-state index in [1.807, 2.05) is 20.0 Å². The van der Waals surface area contributed by atoms with E-state index in [4.69, 9.17) is 0 Å². The summed E-state index contributed by atoms with van der Waals surface area (Å²) in [7, 11) is 1.87. The van der Waals surface area contributed by atoms with Gasteiger partial charge in [-0.15, -0.1) is 0 Å². The summed E-state index contributed by atoms with van der Waals surface area (Å²) in [6.45, 7) is 1.99. The molecule has 3 nitrogen and oxygen atoms in total. The highest BCUT2D eigenvalue weighted by Crippen LogP contribution is 2.23. The Balaban J connectivity index is 1.78. The zero-order valence-corrected chi connectivity index (χ0v) is 12.9. The lowest BCUT2D eigenvalue weighted by atomic mass is 10.1. The van der Waals surface area contributed by atoms with Gasteiger partial charge >= 0.3 is 0 Å². The lowest BCUT2D eigenvalue weighted by Crippen LogP contribution is -1.97. The van der Waals surface area contributed by atoms with Gasteiger partial charge in [-0.05, 0) is 23.3 Å². The minimum absolute atomic E-state index is 0.813. The van der Waals surface area contributed by atoms with Crippen LogP contribution >= 0.6 is 11.8 Å². The van der Waals surface area contributed by atoms with Gasteiger partial charge in [0.15, 0.2) is 5.16 Å². The molecule has 0 aliphatic carbocycles. The molecular weight excluding hydrogens is 278 g/mol. The molecule has 0 unspecified atom stereocenters. The lowest BCUT2D eigenvalue weighted by molar-refractivity contribution is 0.934. The van der Waals surface area contributed by atoms with Gasteiger partial charge in [-0.25, -0.2) is 9.97 Å². The van der Waals surface area contributed by atoms with Crippen molar-refractivity contribution in [1.29, 1.82) is 0 Å². The van der Waals surface area contributed by atoms with Crippen molar-refractivity contribution in [1.82, 2.24) is 9.97 Å². The molecule has 0 aliphatic rings. The normalized spacial score (nSPS) is 10.8. The molecule has 0 atom stereocenters. The lowest BCUT2D eigenvalue weighted by Gasteiger charge is -2.06. The molecule has 0 fully saturated rings. The first-order valence-corrected chi connectivity index (χ1v) is 7.87. The molecule has 0 spiro atoms. The molecule has 3 rings (SSSR count). The largest absolute Gasteiger partial charge is 0.373 e. The molecule has 2 aromatic carbocycles. The monoisotopic (exact) mass is 295 g/mol. The number of hydrogen-bond donors (Lipinski definition) is 1. The van der Waals surface area contributed by atoms with Crippen molar-refractivity contribution < 1.29 is 0 Å². The summed E-state index contributed by atoms with van der Waals surface area (Å²) in [5, 5.41) is 6.43. The van der Waals surface area contributed by atoms with E-state index in [2.05, 4.69) is 57.7 Å². The third-order valence-corrected chi connectivity index (χ3v) is 4.19. The zero-order chi connectivity index (χ0) is 14.7. The second kappa shape index (κ2) is 6.14. The van der Waals surface area contributed by atoms with E-state index in [0.29, 0.717) is 0 Å². The van der Waals surface area contributed by atoms with Gasteiger partial charge in [0, 0.05) is 24.6 Å². The number of nitrogens with zero attached hydrogens (tertiary/aromatic N) is 2. The fourth-order valence-corrected chi connectivity index (χ4v) is 3.06. The third-order valence-electron chi connectivity index (χ3n) is 3.27. The smallest absolute Gasteiger partial charge is 0.190 e. The molecule has 106 valence electrons. The number of aromatic nitrogens is 2. The van der Waals surface area contributed by atoms with Gasteiger partial charge in [0.1, 0.15) is 5.82 Å². The number of hydrogen-bond acceptors (Lipinski definition) is 4. The van der Waals surface area contributed by atoms with Crippen LogP contribution in [0, 0.1) is 6.92 Å². The quantitative estimate of drug-likeness (QED) is 0.576. The van der Waals surface area contributed by atoms with Crippen LogP contribution in [0.15, 0.2) is 53.7 Å². The Morgan fingerprint density at radius 3 is 2.62 bits per heavy atom. The van der Waals surface area contributed by atoms with Crippen LogP contribution in [-0.4, -0.2) is 17.0 Å². The SMILES string of the molecule is CNc1cc(C)nc(SCc2ccc3ccccc3c2)n1. The van der Waals surface area contributed by atoms with Crippen molar-refractivity contribution in [2.24, 2.45) is 0 Å². The Bertz CT molecular complexity index is 771. The van der Waals surface area contributed by atoms with Gasteiger partial charge in [-0.1, -0.05) is 54.2 Å². The molecule has 3 aromatic rings. The minimum Gasteiger partial charge on any atom is -0.373 e. The second-order valence-corrected chi connectivity index (χ2v) is 5.84. The van der Waals surface area contributed by atoms with Gasteiger partial charge in [0.05, 0.1) is 0 Å². The van der Waals surface area contributed by atoms with E-state index < -0.39 is 0 Å². The number of nitrogens with one attached hydrogen (secondary N) is 1. The summed E-state index contributed by atoms with van der Waals surface area (Å²) in [6.07, 6.45) is 0. The van der Waals surface area contributed by atoms with Gasteiger partial charge in [-0.2, -0.15) is 0 Å². The maximum atomic E-state index is 4.47. The van der Waals surface area contributed by atoms with Crippen molar-refractivity contribution in [3.8, 4) is 0 Å². The van der Waals surface area contributed by atoms with Crippen molar-refractivity contribution in [3.05, 3.63) is 59.8 Å². The van der Waals surface area contributed by atoms with Crippen LogP contribution < -0.4 is 5.32 Å². The summed E-state index contributed by atoms with van der Waals surface area (Å²) in [5.41, 5.74) is 2.27. The van der Waals surface area contributed by atoms with E-state index in [9.17, 15) is 0 Å². The predicted octanol–water partition coefficient (Wildman–Crippen LogP) is 4.27. The molecule has 4 heteroatoms. The first-order chi connectivity index (χ1) is 10.2. The number of aryl methyl sites for hydroxylation is 1. The fourth-order valence-electron chi connectivity index (χ4n) is 2.21. The maximum Gasteiger partial charge on any atom is 0.190 e. The second-order valence-electron chi connectivity index (χ2n) is 4.90. The van der Waals surface area contributed by atoms with Gasteiger partial charge in [0.25, 0.3) is 0 Å². The van der Waals surface area contributed by atoms with Crippen LogP contribution in [-0.2, 0) is 5.75 Å². The topological polar surface area (TPSA) is 37.8 Å². The van der Waals surface area contributed by atoms with Crippen LogP contribution in [0.4, 0.5) is 5.82 Å². The molecule has 1 N–H and O–H groups in total. The Labute approximate surface area is 128 Å². The van der Waals surface area contributed by atoms with Crippen LogP contribution in [0.5, 0.6) is 0 Å². The minimum atomic E-state index is 0.813. The van der Waals surface area contributed by atoms with Crippen molar-refractivity contribution in [2.75, 3.05) is 12.4 Å². The summed E-state index contributed by atoms with van der Waals surface area (Å²) in [5.74, 6) is 1.74. The summed E-state index contributed by atoms with van der Waals surface area (Å²) >= 11 is 1.66. The number of fused-ring (bicyclic) bond motifs is 1. The molecule has 0 saturated heterocycles. The fraction of sp³-hybridized carbons (Fsp3) is 0.176. The molecule has 1 heterocycles. The highest BCUT2D eigenvalue weighted by molar-refractivity contribution is 7.98. The van der Waals surface area contributed by atoms with Gasteiger partial charge in [0.2, 0.25) is 0 Å². The summed E-state index contributed by atoms with van der Waals surface area (Å²) < 4.78 is 0. The average molecular weight is 295 g/mol. The number of anilines is 1. The third kappa shape index (κ3) is 3.34. The van der Waals surface area contributed by atoms with E-state index in [0.717, 1.165) is 22.4 Å². The van der Waals surface area contributed by atoms with E-state index in [1.165, 1.54) is 16.3 Å². The molecule has 0 radical (unpaired) electrons. The van der Waals surface area contributed by atoms with Crippen LogP contribution in [0.25, 0.3) is 10.8 Å². The van der Waals surface area contributed by atoms with Crippen molar-refractivity contribution in [3.63, 3.8) is 0 Å². The number of benzene rings is 2. The van der Waals surface area contributed by atoms with Crippen molar-refractivity contribution in [2.45, 2.75) is 17.8 Å². The first kappa shape index (κ1) is 13.9. The molecular formula is C17H17N3S. The Morgan fingerprint density at radius 2 is 1.81 bits per heavy atom. The zero-order valence-electron chi connectivity index (χ0n) is 12.1. The summed E-state index contributed by atoms with van der Waals surface area (Å²) in [6, 6.07) is 16.9. The van der Waals surface area contributed by atoms with Crippen LogP contribution in [0.1, 0.15) is 11.3 Å². The van der Waals surface area contributed by atoms with Crippen LogP contribution in [0.2, 0.25) is 0 Å². The Hall–Kier alpha value is -2.07. The molecule has 0 aliphatic heterocycles. The molecule has 0 saturated carbocycles. The predicted molar refractivity (Wildman–Crippen MR) is 89.8 cm³/mol. The average Bonchev–Trinajstić information content (AvgIpc) is 2.52. The molecule has 0 amide bonds. The maximum absolute atomic E-state index is 4.47. The number of rotatable bonds is 4. The van der Waals surface area contributed by atoms with E-state index >= 15 is 0 Å². The standard InChI is InChI=1S/C17H17N3S/c1-12-9-16(18-2)20-17(19-12)21-11-13-7-8-14-5-3-4-6-15(14)10-13/h3-10H,11H2,1-2H3,(H,18,19,20). The highest BCUT2D eigenvalue weighted by atomic mass is 32.2. The Kier molecular flexibility index (Phi) is 4.06. The first-order valence-electron chi connectivity index (χ1n) is 6.88. The van der Waals surface area contributed by atoms with Crippen LogP contribution in [0.3, 0.4) is 0 Å². The van der Waals surface area contributed by atoms with Gasteiger partial charge < -0.3 is 5.32 Å². The van der Waals surface area contributed by atoms with Gasteiger partial charge in [-0.3, -0.25) is 0 Å². The molecule has 0 bridgehead atoms. The number of thioether (sulfide) groups is 1. The summed E-state index contributed by atoms with van der Waals surface area (Å²) in [4.78, 5) is 8.94. The molecule has 21 heavy (non-hydrogen) atoms. The van der Waals surface area contributed by atoms with E-state index in [-0.39, 0.29) is 0 Å². The van der Waals surface area contributed by atoms with E-state index in [1.54, 1.807) is 11.8 Å². The molecule has 1 aromatic heterocycles. The Morgan fingerprint density at radius 1 is 1.00 bits per heavy atom. The van der Waals surface area contributed by atoms with Crippen molar-refractivity contribution >= 4 is 28.4 Å².